The number of hydrogen-bond donors (Lipinski definition) is 0. The van der Waals surface area contributed by atoms with Crippen molar-refractivity contribution in [1.82, 2.24) is 9.80 Å². The summed E-state index contributed by atoms with van der Waals surface area (Å²) in [7, 11) is 0. The Bertz CT molecular complexity index is 660. The molecule has 0 N–H and O–H groups in total. The van der Waals surface area contributed by atoms with Crippen LogP contribution in [-0.2, 0) is 14.9 Å². The zero-order chi connectivity index (χ0) is 16.7. The number of carbonyl (C=O) groups excluding carboxylic acids is 2. The van der Waals surface area contributed by atoms with Gasteiger partial charge in [-0.15, -0.1) is 0 Å². The van der Waals surface area contributed by atoms with Crippen molar-refractivity contribution in [2.24, 2.45) is 0 Å². The number of rotatable bonds is 2. The monoisotopic (exact) mass is 328 g/mol. The third-order valence-corrected chi connectivity index (χ3v) is 5.92. The zero-order valence-electron chi connectivity index (χ0n) is 14.2. The first-order valence-corrected chi connectivity index (χ1v) is 8.94. The first kappa shape index (κ1) is 15.8. The lowest BCUT2D eigenvalue weighted by Gasteiger charge is -2.45. The van der Waals surface area contributed by atoms with Crippen molar-refractivity contribution in [1.29, 1.82) is 0 Å². The number of fused-ring (bicyclic) bond motifs is 2. The van der Waals surface area contributed by atoms with Crippen LogP contribution in [0.2, 0.25) is 0 Å². The van der Waals surface area contributed by atoms with Crippen LogP contribution in [0.5, 0.6) is 0 Å². The van der Waals surface area contributed by atoms with Crippen LogP contribution < -0.4 is 0 Å². The second-order valence-electron chi connectivity index (χ2n) is 7.10. The van der Waals surface area contributed by atoms with Crippen molar-refractivity contribution in [2.75, 3.05) is 26.3 Å². The van der Waals surface area contributed by atoms with Gasteiger partial charge in [0.05, 0.1) is 24.8 Å². The molecular weight excluding hydrogens is 304 g/mol. The lowest BCUT2D eigenvalue weighted by atomic mass is 9.72. The molecule has 2 heterocycles. The molecule has 2 fully saturated rings. The summed E-state index contributed by atoms with van der Waals surface area (Å²) < 4.78 is 5.41. The molecule has 2 aliphatic heterocycles. The molecule has 24 heavy (non-hydrogen) atoms. The first-order chi connectivity index (χ1) is 11.6. The Morgan fingerprint density at radius 1 is 1.08 bits per heavy atom. The summed E-state index contributed by atoms with van der Waals surface area (Å²) in [5.41, 5.74) is 1.16. The van der Waals surface area contributed by atoms with Crippen LogP contribution in [0.15, 0.2) is 24.3 Å². The summed E-state index contributed by atoms with van der Waals surface area (Å²) in [5, 5.41) is 0. The summed E-state index contributed by atoms with van der Waals surface area (Å²) >= 11 is 0. The lowest BCUT2D eigenvalue weighted by Crippen LogP contribution is -2.61. The summed E-state index contributed by atoms with van der Waals surface area (Å²) in [5.74, 6) is -0.144. The van der Waals surface area contributed by atoms with Crippen molar-refractivity contribution in [3.05, 3.63) is 35.4 Å². The second-order valence-corrected chi connectivity index (χ2v) is 7.10. The molecule has 1 saturated heterocycles. The summed E-state index contributed by atoms with van der Waals surface area (Å²) in [6.07, 6.45) is 3.58. The maximum atomic E-state index is 13.5. The van der Waals surface area contributed by atoms with Gasteiger partial charge in [0, 0.05) is 18.7 Å². The van der Waals surface area contributed by atoms with Crippen molar-refractivity contribution in [3.63, 3.8) is 0 Å². The van der Waals surface area contributed by atoms with Crippen molar-refractivity contribution in [3.8, 4) is 0 Å². The van der Waals surface area contributed by atoms with E-state index >= 15 is 0 Å². The minimum atomic E-state index is -0.495. The van der Waals surface area contributed by atoms with Gasteiger partial charge in [0.1, 0.15) is 0 Å². The molecule has 128 valence electrons. The molecule has 0 bridgehead atoms. The molecular formula is C19H24N2O3. The van der Waals surface area contributed by atoms with Gasteiger partial charge < -0.3 is 4.74 Å². The Balaban J connectivity index is 1.76. The molecule has 1 spiro atoms. The highest BCUT2D eigenvalue weighted by molar-refractivity contribution is 6.13. The highest BCUT2D eigenvalue weighted by Crippen LogP contribution is 2.47. The van der Waals surface area contributed by atoms with Crippen molar-refractivity contribution in [2.45, 2.75) is 44.2 Å². The Kier molecular flexibility index (Phi) is 3.93. The maximum absolute atomic E-state index is 13.5. The van der Waals surface area contributed by atoms with Crippen LogP contribution >= 0.6 is 0 Å². The van der Waals surface area contributed by atoms with Crippen LogP contribution in [0.1, 0.15) is 48.5 Å². The molecule has 1 aromatic carbocycles. The predicted octanol–water partition coefficient (Wildman–Crippen LogP) is 2.16. The average molecular weight is 328 g/mol. The van der Waals surface area contributed by atoms with Gasteiger partial charge >= 0.3 is 0 Å². The fourth-order valence-corrected chi connectivity index (χ4v) is 4.57. The molecule has 0 aromatic heterocycles. The van der Waals surface area contributed by atoms with Gasteiger partial charge in [0.15, 0.2) is 0 Å². The van der Waals surface area contributed by atoms with Crippen LogP contribution in [0.25, 0.3) is 0 Å². The number of benzene rings is 1. The van der Waals surface area contributed by atoms with Gasteiger partial charge in [0.2, 0.25) is 5.91 Å². The van der Waals surface area contributed by atoms with Gasteiger partial charge in [-0.2, -0.15) is 0 Å². The van der Waals surface area contributed by atoms with Crippen LogP contribution in [-0.4, -0.2) is 54.1 Å². The summed E-state index contributed by atoms with van der Waals surface area (Å²) in [6, 6.07) is 7.70. The van der Waals surface area contributed by atoms with E-state index in [9.17, 15) is 9.59 Å². The molecule has 4 rings (SSSR count). The Morgan fingerprint density at radius 2 is 1.75 bits per heavy atom. The topological polar surface area (TPSA) is 49.9 Å². The van der Waals surface area contributed by atoms with E-state index in [2.05, 4.69) is 4.90 Å². The van der Waals surface area contributed by atoms with Crippen molar-refractivity contribution < 1.29 is 14.3 Å². The normalized spacial score (nSPS) is 25.1. The van der Waals surface area contributed by atoms with Gasteiger partial charge in [-0.05, 0) is 31.4 Å². The maximum Gasteiger partial charge on any atom is 0.262 e. The van der Waals surface area contributed by atoms with E-state index in [0.717, 1.165) is 44.3 Å². The third kappa shape index (κ3) is 2.22. The number of ether oxygens (including phenoxy) is 1. The number of hydrogen-bond acceptors (Lipinski definition) is 4. The molecule has 0 radical (unpaired) electrons. The van der Waals surface area contributed by atoms with E-state index in [-0.39, 0.29) is 18.0 Å². The van der Waals surface area contributed by atoms with Crippen molar-refractivity contribution >= 4 is 11.8 Å². The Labute approximate surface area is 142 Å². The minimum Gasteiger partial charge on any atom is -0.379 e. The number of imide groups is 1. The molecule has 5 nitrogen and oxygen atoms in total. The van der Waals surface area contributed by atoms with Crippen LogP contribution in [0.4, 0.5) is 0 Å². The minimum absolute atomic E-state index is 0.00249. The largest absolute Gasteiger partial charge is 0.379 e. The highest BCUT2D eigenvalue weighted by atomic mass is 16.5. The zero-order valence-corrected chi connectivity index (χ0v) is 14.2. The van der Waals surface area contributed by atoms with E-state index in [4.69, 9.17) is 4.74 Å². The fraction of sp³-hybridized carbons (Fsp3) is 0.579. The summed E-state index contributed by atoms with van der Waals surface area (Å²) in [6.45, 7) is 4.79. The molecule has 1 aliphatic carbocycles. The highest BCUT2D eigenvalue weighted by Gasteiger charge is 2.53. The Morgan fingerprint density at radius 3 is 2.46 bits per heavy atom. The number of carbonyl (C=O) groups is 2. The molecule has 2 amide bonds. The quantitative estimate of drug-likeness (QED) is 0.781. The Hall–Kier alpha value is -1.72. The molecule has 1 aromatic rings. The lowest BCUT2D eigenvalue weighted by molar-refractivity contribution is -0.142. The number of morpholine rings is 1. The number of nitrogens with zero attached hydrogens (tertiary/aromatic N) is 2. The van der Waals surface area contributed by atoms with Crippen LogP contribution in [0, 0.1) is 0 Å². The van der Waals surface area contributed by atoms with Gasteiger partial charge in [0.25, 0.3) is 5.91 Å². The van der Waals surface area contributed by atoms with E-state index < -0.39 is 5.41 Å². The van der Waals surface area contributed by atoms with Gasteiger partial charge in [-0.1, -0.05) is 31.0 Å². The second kappa shape index (κ2) is 5.97. The average Bonchev–Trinajstić information content (AvgIpc) is 3.12. The fourth-order valence-electron chi connectivity index (χ4n) is 4.57. The van der Waals surface area contributed by atoms with E-state index in [1.54, 1.807) is 0 Å². The number of amides is 2. The van der Waals surface area contributed by atoms with Gasteiger partial charge in [-0.3, -0.25) is 19.4 Å². The predicted molar refractivity (Wildman–Crippen MR) is 89.6 cm³/mol. The van der Waals surface area contributed by atoms with E-state index in [1.165, 1.54) is 4.90 Å². The summed E-state index contributed by atoms with van der Waals surface area (Å²) in [4.78, 5) is 30.3. The van der Waals surface area contributed by atoms with E-state index in [1.807, 2.05) is 31.2 Å². The molecule has 5 heteroatoms. The molecule has 1 atom stereocenters. The standard InChI is InChI=1S/C19H24N2O3/c1-14(20-10-12-24-13-11-20)21-17(22)15-6-2-3-7-16(15)19(18(21)23)8-4-5-9-19/h2-3,6-7,14H,4-5,8-13H2,1H3. The SMILES string of the molecule is CC(N1CCOCC1)N1C(=O)c2ccccc2C2(CCCC2)C1=O. The van der Waals surface area contributed by atoms with Gasteiger partial charge in [-0.25, -0.2) is 0 Å². The molecule has 3 aliphatic rings. The van der Waals surface area contributed by atoms with E-state index in [0.29, 0.717) is 18.8 Å². The smallest absolute Gasteiger partial charge is 0.262 e. The molecule has 1 unspecified atom stereocenters. The first-order valence-electron chi connectivity index (χ1n) is 8.94. The van der Waals surface area contributed by atoms with Crippen LogP contribution in [0.3, 0.4) is 0 Å². The molecule has 1 saturated carbocycles. The third-order valence-electron chi connectivity index (χ3n) is 5.92.